The number of rotatable bonds is 5. The predicted octanol–water partition coefficient (Wildman–Crippen LogP) is 2.90. The highest BCUT2D eigenvalue weighted by atomic mass is 16.3. The zero-order valence-corrected chi connectivity index (χ0v) is 17.4. The lowest BCUT2D eigenvalue weighted by molar-refractivity contribution is -0.134. The Morgan fingerprint density at radius 1 is 1.17 bits per heavy atom. The fourth-order valence-electron chi connectivity index (χ4n) is 4.00. The number of aryl methyl sites for hydroxylation is 2. The largest absolute Gasteiger partial charge is 0.463 e. The molecule has 1 atom stereocenters. The molecule has 1 aromatic heterocycles. The summed E-state index contributed by atoms with van der Waals surface area (Å²) in [6.45, 7) is 6.99. The van der Waals surface area contributed by atoms with E-state index in [1.807, 2.05) is 25.1 Å². The molecule has 1 unspecified atom stereocenters. The van der Waals surface area contributed by atoms with E-state index in [2.05, 4.69) is 15.5 Å². The van der Waals surface area contributed by atoms with Crippen LogP contribution >= 0.6 is 0 Å². The normalized spacial score (nSPS) is 21.3. The Morgan fingerprint density at radius 2 is 1.90 bits per heavy atom. The summed E-state index contributed by atoms with van der Waals surface area (Å²) in [6.07, 6.45) is 2.39. The van der Waals surface area contributed by atoms with Gasteiger partial charge in [-0.05, 0) is 69.5 Å². The van der Waals surface area contributed by atoms with Crippen molar-refractivity contribution in [2.45, 2.75) is 39.2 Å². The molecule has 0 bridgehead atoms. The maximum absolute atomic E-state index is 12.9. The Kier molecular flexibility index (Phi) is 5.01. The van der Waals surface area contributed by atoms with Crippen molar-refractivity contribution in [2.24, 2.45) is 0 Å². The summed E-state index contributed by atoms with van der Waals surface area (Å²) in [6, 6.07) is 8.66. The molecule has 0 spiro atoms. The first kappa shape index (κ1) is 20.0. The third kappa shape index (κ3) is 3.53. The molecule has 2 N–H and O–H groups in total. The molecule has 0 radical (unpaired) electrons. The van der Waals surface area contributed by atoms with Crippen LogP contribution in [0.25, 0.3) is 0 Å². The van der Waals surface area contributed by atoms with Crippen LogP contribution in [0, 0.1) is 13.8 Å². The Hall–Kier alpha value is -3.29. The molecule has 2 saturated heterocycles. The lowest BCUT2D eigenvalue weighted by Gasteiger charge is -2.20. The summed E-state index contributed by atoms with van der Waals surface area (Å²) in [4.78, 5) is 41.1. The standard InChI is InChI=1S/C22H26N4O4/c1-14-12-16(25-10-4-5-11-25)7-8-17(14)23-19(27)13-26-20(28)22(3,24-21(26)29)18-9-6-15(2)30-18/h6-9,12H,4-5,10-11,13H2,1-3H3,(H,23,27)(H,24,29). The Labute approximate surface area is 175 Å². The van der Waals surface area contributed by atoms with Crippen molar-refractivity contribution in [2.75, 3.05) is 29.9 Å². The third-order valence-electron chi connectivity index (χ3n) is 5.77. The molecule has 30 heavy (non-hydrogen) atoms. The first-order valence-electron chi connectivity index (χ1n) is 10.1. The van der Waals surface area contributed by atoms with Crippen LogP contribution in [0.4, 0.5) is 16.2 Å². The number of hydrogen-bond donors (Lipinski definition) is 2. The van der Waals surface area contributed by atoms with Crippen molar-refractivity contribution in [3.05, 3.63) is 47.4 Å². The quantitative estimate of drug-likeness (QED) is 0.739. The van der Waals surface area contributed by atoms with E-state index < -0.39 is 23.4 Å². The van der Waals surface area contributed by atoms with Crippen LogP contribution in [0.1, 0.15) is 36.8 Å². The minimum Gasteiger partial charge on any atom is -0.463 e. The zero-order chi connectivity index (χ0) is 21.5. The van der Waals surface area contributed by atoms with E-state index in [4.69, 9.17) is 4.42 Å². The van der Waals surface area contributed by atoms with Crippen LogP contribution in [0.5, 0.6) is 0 Å². The van der Waals surface area contributed by atoms with Gasteiger partial charge in [-0.1, -0.05) is 0 Å². The van der Waals surface area contributed by atoms with Crippen LogP contribution in [0.15, 0.2) is 34.7 Å². The molecule has 0 saturated carbocycles. The van der Waals surface area contributed by atoms with Gasteiger partial charge >= 0.3 is 6.03 Å². The first-order valence-corrected chi connectivity index (χ1v) is 10.1. The number of imide groups is 1. The first-order chi connectivity index (χ1) is 14.3. The second-order valence-corrected chi connectivity index (χ2v) is 8.10. The average Bonchev–Trinajstić information content (AvgIpc) is 3.42. The van der Waals surface area contributed by atoms with Crippen molar-refractivity contribution in [3.63, 3.8) is 0 Å². The monoisotopic (exact) mass is 410 g/mol. The highest BCUT2D eigenvalue weighted by Crippen LogP contribution is 2.30. The van der Waals surface area contributed by atoms with Crippen molar-refractivity contribution in [3.8, 4) is 0 Å². The number of carbonyl (C=O) groups is 3. The molecular formula is C22H26N4O4. The Morgan fingerprint density at radius 3 is 2.53 bits per heavy atom. The molecule has 4 rings (SSSR count). The molecule has 8 nitrogen and oxygen atoms in total. The van der Waals surface area contributed by atoms with Crippen LogP contribution in [-0.2, 0) is 15.1 Å². The van der Waals surface area contributed by atoms with E-state index in [-0.39, 0.29) is 6.54 Å². The van der Waals surface area contributed by atoms with Crippen molar-refractivity contribution in [1.82, 2.24) is 10.2 Å². The zero-order valence-electron chi connectivity index (χ0n) is 17.4. The minimum atomic E-state index is -1.32. The van der Waals surface area contributed by atoms with E-state index in [0.717, 1.165) is 29.2 Å². The average molecular weight is 410 g/mol. The summed E-state index contributed by atoms with van der Waals surface area (Å²) in [5.74, 6) is 0.0282. The second kappa shape index (κ2) is 7.51. The molecule has 158 valence electrons. The van der Waals surface area contributed by atoms with Gasteiger partial charge < -0.3 is 20.0 Å². The van der Waals surface area contributed by atoms with Gasteiger partial charge in [0.1, 0.15) is 18.1 Å². The van der Waals surface area contributed by atoms with Gasteiger partial charge in [0.25, 0.3) is 5.91 Å². The van der Waals surface area contributed by atoms with Gasteiger partial charge in [0.2, 0.25) is 5.91 Å². The number of nitrogens with zero attached hydrogens (tertiary/aromatic N) is 2. The summed E-state index contributed by atoms with van der Waals surface area (Å²) >= 11 is 0. The molecule has 0 aliphatic carbocycles. The minimum absolute atomic E-state index is 0.342. The van der Waals surface area contributed by atoms with E-state index in [0.29, 0.717) is 17.2 Å². The molecule has 3 heterocycles. The SMILES string of the molecule is Cc1ccc(C2(C)NC(=O)N(CC(=O)Nc3ccc(N4CCCC4)cc3C)C2=O)o1. The number of furan rings is 1. The van der Waals surface area contributed by atoms with Gasteiger partial charge in [-0.15, -0.1) is 0 Å². The smallest absolute Gasteiger partial charge is 0.325 e. The van der Waals surface area contributed by atoms with Crippen LogP contribution in [0.2, 0.25) is 0 Å². The topological polar surface area (TPSA) is 94.9 Å². The Bertz CT molecular complexity index is 1010. The molecule has 2 aliphatic heterocycles. The number of hydrogen-bond acceptors (Lipinski definition) is 5. The van der Waals surface area contributed by atoms with Crippen molar-refractivity contribution < 1.29 is 18.8 Å². The van der Waals surface area contributed by atoms with Gasteiger partial charge in [-0.25, -0.2) is 4.79 Å². The van der Waals surface area contributed by atoms with Gasteiger partial charge in [-0.3, -0.25) is 14.5 Å². The van der Waals surface area contributed by atoms with Gasteiger partial charge in [-0.2, -0.15) is 0 Å². The number of nitrogens with one attached hydrogen (secondary N) is 2. The summed E-state index contributed by atoms with van der Waals surface area (Å²) < 4.78 is 5.54. The van der Waals surface area contributed by atoms with Gasteiger partial charge in [0, 0.05) is 24.5 Å². The van der Waals surface area contributed by atoms with E-state index >= 15 is 0 Å². The van der Waals surface area contributed by atoms with E-state index in [1.54, 1.807) is 26.0 Å². The maximum Gasteiger partial charge on any atom is 0.325 e. The molecule has 2 aliphatic rings. The molecule has 1 aromatic carbocycles. The van der Waals surface area contributed by atoms with E-state index in [9.17, 15) is 14.4 Å². The van der Waals surface area contributed by atoms with Gasteiger partial charge in [0.15, 0.2) is 5.54 Å². The lowest BCUT2D eigenvalue weighted by Crippen LogP contribution is -2.41. The highest BCUT2D eigenvalue weighted by molar-refractivity contribution is 6.10. The fraction of sp³-hybridized carbons (Fsp3) is 0.409. The maximum atomic E-state index is 12.9. The van der Waals surface area contributed by atoms with Crippen molar-refractivity contribution in [1.29, 1.82) is 0 Å². The number of carbonyl (C=O) groups excluding carboxylic acids is 3. The lowest BCUT2D eigenvalue weighted by atomic mass is 9.99. The highest BCUT2D eigenvalue weighted by Gasteiger charge is 2.51. The number of amides is 4. The number of urea groups is 1. The van der Waals surface area contributed by atoms with Crippen LogP contribution in [0.3, 0.4) is 0 Å². The number of anilines is 2. The molecule has 2 aromatic rings. The summed E-state index contributed by atoms with van der Waals surface area (Å²) in [5.41, 5.74) is 1.42. The fourth-order valence-corrected chi connectivity index (χ4v) is 4.00. The number of benzene rings is 1. The summed E-state index contributed by atoms with van der Waals surface area (Å²) in [5, 5.41) is 5.45. The van der Waals surface area contributed by atoms with Crippen LogP contribution < -0.4 is 15.5 Å². The predicted molar refractivity (Wildman–Crippen MR) is 112 cm³/mol. The molecule has 4 amide bonds. The second-order valence-electron chi connectivity index (χ2n) is 8.10. The van der Waals surface area contributed by atoms with E-state index in [1.165, 1.54) is 12.8 Å². The Balaban J connectivity index is 1.44. The molecule has 2 fully saturated rings. The molecule has 8 heteroatoms. The molecular weight excluding hydrogens is 384 g/mol. The van der Waals surface area contributed by atoms with Crippen molar-refractivity contribution >= 4 is 29.2 Å². The summed E-state index contributed by atoms with van der Waals surface area (Å²) in [7, 11) is 0. The van der Waals surface area contributed by atoms with Crippen LogP contribution in [-0.4, -0.2) is 42.4 Å². The third-order valence-corrected chi connectivity index (χ3v) is 5.77. The van der Waals surface area contributed by atoms with Gasteiger partial charge in [0.05, 0.1) is 0 Å².